The minimum Gasteiger partial charge on any atom is -0.445 e. The second kappa shape index (κ2) is 3.15. The summed E-state index contributed by atoms with van der Waals surface area (Å²) >= 11 is 0. The Labute approximate surface area is 129 Å². The Morgan fingerprint density at radius 2 is 1.41 bits per heavy atom. The lowest BCUT2D eigenvalue weighted by atomic mass is 9.73. The van der Waals surface area contributed by atoms with E-state index in [2.05, 4.69) is 30.3 Å². The highest BCUT2D eigenvalue weighted by Gasteiger charge is 2.82. The van der Waals surface area contributed by atoms with Crippen LogP contribution in [0.3, 0.4) is 0 Å². The summed E-state index contributed by atoms with van der Waals surface area (Å²) in [5, 5.41) is 0. The van der Waals surface area contributed by atoms with Crippen LogP contribution in [-0.2, 0) is 15.8 Å². The molecule has 2 nitrogen and oxygen atoms in total. The van der Waals surface area contributed by atoms with E-state index in [0.717, 1.165) is 11.1 Å². The minimum absolute atomic E-state index is 0.117. The van der Waals surface area contributed by atoms with Crippen molar-refractivity contribution in [2.45, 2.75) is 36.7 Å². The van der Waals surface area contributed by atoms with Gasteiger partial charge in [-0.15, -0.1) is 0 Å². The summed E-state index contributed by atoms with van der Waals surface area (Å²) in [7, 11) is 0. The first-order valence-electron chi connectivity index (χ1n) is 8.18. The van der Waals surface area contributed by atoms with Crippen LogP contribution in [0.25, 0.3) is 0 Å². The third-order valence-corrected chi connectivity index (χ3v) is 6.68. The van der Waals surface area contributed by atoms with E-state index < -0.39 is 5.60 Å². The molecule has 0 unspecified atom stereocenters. The number of ether oxygens (including phenoxy) is 1. The van der Waals surface area contributed by atoms with Gasteiger partial charge >= 0.3 is 5.97 Å². The van der Waals surface area contributed by atoms with Crippen LogP contribution >= 0.6 is 0 Å². The predicted octanol–water partition coefficient (Wildman–Crippen LogP) is 3.93. The molecular weight excluding hydrogens is 272 g/mol. The van der Waals surface area contributed by atoms with Crippen molar-refractivity contribution in [3.8, 4) is 0 Å². The van der Waals surface area contributed by atoms with Crippen LogP contribution < -0.4 is 0 Å². The van der Waals surface area contributed by atoms with Gasteiger partial charge in [0.15, 0.2) is 5.60 Å². The topological polar surface area (TPSA) is 26.3 Å². The molecule has 6 rings (SSSR count). The zero-order chi connectivity index (χ0) is 14.6. The molecule has 1 atom stereocenters. The Morgan fingerprint density at radius 3 is 2.09 bits per heavy atom. The van der Waals surface area contributed by atoms with Crippen molar-refractivity contribution < 1.29 is 9.53 Å². The molecule has 0 saturated heterocycles. The number of esters is 1. The molecule has 22 heavy (non-hydrogen) atoms. The van der Waals surface area contributed by atoms with E-state index in [1.54, 1.807) is 0 Å². The molecule has 0 aromatic heterocycles. The van der Waals surface area contributed by atoms with Gasteiger partial charge in [0.25, 0.3) is 0 Å². The minimum atomic E-state index is -0.520. The molecular formula is C20H16O2. The zero-order valence-corrected chi connectivity index (χ0v) is 12.3. The number of carbonyl (C=O) groups is 1. The Morgan fingerprint density at radius 1 is 0.773 bits per heavy atom. The van der Waals surface area contributed by atoms with Gasteiger partial charge in [0.1, 0.15) is 0 Å². The molecule has 0 N–H and O–H groups in total. The smallest absolute Gasteiger partial charge is 0.339 e. The van der Waals surface area contributed by atoms with E-state index in [0.29, 0.717) is 0 Å². The fourth-order valence-electron chi connectivity index (χ4n) is 5.66. The maximum Gasteiger partial charge on any atom is 0.339 e. The Balaban J connectivity index is 1.76. The number of rotatable bonds is 0. The second-order valence-corrected chi connectivity index (χ2v) is 7.33. The first-order valence-corrected chi connectivity index (χ1v) is 8.18. The van der Waals surface area contributed by atoms with Crippen molar-refractivity contribution in [1.29, 1.82) is 0 Å². The fraction of sp³-hybridized carbons (Fsp3) is 0.350. The average Bonchev–Trinajstić information content (AvgIpc) is 3.44. The van der Waals surface area contributed by atoms with Gasteiger partial charge in [-0.3, -0.25) is 0 Å². The molecule has 1 heterocycles. The van der Waals surface area contributed by atoms with Crippen LogP contribution in [-0.4, -0.2) is 5.97 Å². The largest absolute Gasteiger partial charge is 0.445 e. The molecule has 3 aliphatic carbocycles. The molecule has 2 heteroatoms. The highest BCUT2D eigenvalue weighted by molar-refractivity contribution is 5.96. The van der Waals surface area contributed by atoms with E-state index in [4.69, 9.17) is 4.74 Å². The Bertz CT molecular complexity index is 858. The summed E-state index contributed by atoms with van der Waals surface area (Å²) in [5.74, 6) is -0.144. The van der Waals surface area contributed by atoms with Crippen LogP contribution in [0.4, 0.5) is 0 Å². The molecule has 2 fully saturated rings. The number of hydrogen-bond donors (Lipinski definition) is 0. The van der Waals surface area contributed by atoms with Crippen molar-refractivity contribution in [3.05, 3.63) is 70.8 Å². The van der Waals surface area contributed by atoms with Gasteiger partial charge in [0.05, 0.1) is 5.56 Å². The molecule has 2 aromatic carbocycles. The van der Waals surface area contributed by atoms with E-state index >= 15 is 0 Å². The maximum absolute atomic E-state index is 12.6. The summed E-state index contributed by atoms with van der Waals surface area (Å²) < 4.78 is 6.22. The molecule has 0 bridgehead atoms. The van der Waals surface area contributed by atoms with Gasteiger partial charge in [0, 0.05) is 22.0 Å². The van der Waals surface area contributed by atoms with E-state index in [1.165, 1.54) is 36.8 Å². The molecule has 2 aromatic rings. The molecule has 4 aliphatic rings. The molecule has 0 amide bonds. The summed E-state index contributed by atoms with van der Waals surface area (Å²) in [6.45, 7) is 0. The second-order valence-electron chi connectivity index (χ2n) is 7.33. The fourth-order valence-corrected chi connectivity index (χ4v) is 5.66. The molecule has 0 radical (unpaired) electrons. The van der Waals surface area contributed by atoms with Crippen LogP contribution in [0.5, 0.6) is 0 Å². The molecule has 2 saturated carbocycles. The molecule has 108 valence electrons. The van der Waals surface area contributed by atoms with Crippen LogP contribution in [0, 0.1) is 5.41 Å². The lowest BCUT2D eigenvalue weighted by molar-refractivity contribution is -0.0272. The van der Waals surface area contributed by atoms with Gasteiger partial charge in [-0.1, -0.05) is 42.5 Å². The van der Waals surface area contributed by atoms with Gasteiger partial charge in [-0.2, -0.15) is 0 Å². The van der Waals surface area contributed by atoms with Crippen molar-refractivity contribution in [2.75, 3.05) is 0 Å². The lowest BCUT2D eigenvalue weighted by Gasteiger charge is -2.35. The first-order chi connectivity index (χ1) is 10.8. The monoisotopic (exact) mass is 288 g/mol. The van der Waals surface area contributed by atoms with Gasteiger partial charge in [-0.05, 0) is 37.3 Å². The summed E-state index contributed by atoms with van der Waals surface area (Å²) in [4.78, 5) is 12.6. The number of fused-ring (bicyclic) bond motifs is 7. The third kappa shape index (κ3) is 0.913. The number of carbonyl (C=O) groups excluding carboxylic acids is 1. The lowest BCUT2D eigenvalue weighted by Crippen LogP contribution is -2.38. The Kier molecular flexibility index (Phi) is 1.64. The highest BCUT2D eigenvalue weighted by Crippen LogP contribution is 2.84. The first kappa shape index (κ1) is 11.5. The maximum atomic E-state index is 12.6. The van der Waals surface area contributed by atoms with Crippen LogP contribution in [0.15, 0.2) is 48.5 Å². The van der Waals surface area contributed by atoms with E-state index in [9.17, 15) is 4.79 Å². The average molecular weight is 288 g/mol. The predicted molar refractivity (Wildman–Crippen MR) is 81.7 cm³/mol. The normalized spacial score (nSPS) is 30.5. The Hall–Kier alpha value is -2.09. The van der Waals surface area contributed by atoms with Gasteiger partial charge in [0.2, 0.25) is 0 Å². The SMILES string of the molecule is O=C1O[C@]2(c3ccccc31)c1ccccc1C1(CC1)C21CC1. The third-order valence-electron chi connectivity index (χ3n) is 6.68. The van der Waals surface area contributed by atoms with Crippen molar-refractivity contribution in [2.24, 2.45) is 5.41 Å². The summed E-state index contributed by atoms with van der Waals surface area (Å²) in [6, 6.07) is 16.7. The quantitative estimate of drug-likeness (QED) is 0.687. The number of hydrogen-bond acceptors (Lipinski definition) is 2. The van der Waals surface area contributed by atoms with E-state index in [-0.39, 0.29) is 16.8 Å². The van der Waals surface area contributed by atoms with Gasteiger partial charge in [-0.25, -0.2) is 4.79 Å². The van der Waals surface area contributed by atoms with Crippen LogP contribution in [0.1, 0.15) is 52.7 Å². The zero-order valence-electron chi connectivity index (χ0n) is 12.3. The summed E-state index contributed by atoms with van der Waals surface area (Å²) in [6.07, 6.45) is 4.82. The van der Waals surface area contributed by atoms with Gasteiger partial charge < -0.3 is 4.74 Å². The summed E-state index contributed by atoms with van der Waals surface area (Å²) in [5.41, 5.74) is 4.43. The van der Waals surface area contributed by atoms with Crippen molar-refractivity contribution in [3.63, 3.8) is 0 Å². The molecule has 3 spiro atoms. The van der Waals surface area contributed by atoms with Crippen molar-refractivity contribution in [1.82, 2.24) is 0 Å². The van der Waals surface area contributed by atoms with Crippen LogP contribution in [0.2, 0.25) is 0 Å². The number of benzene rings is 2. The van der Waals surface area contributed by atoms with Crippen molar-refractivity contribution >= 4 is 5.97 Å². The standard InChI is InChI=1S/C20H16O2/c21-17-13-5-1-2-6-14(13)20(22-17)16-8-4-3-7-15(16)18(9-10-18)19(20)11-12-19/h1-8H,9-12H2/t20-/m1/s1. The molecule has 1 aliphatic heterocycles. The highest BCUT2D eigenvalue weighted by atomic mass is 16.6. The van der Waals surface area contributed by atoms with E-state index in [1.807, 2.05) is 18.2 Å².